The molecule has 0 unspecified atom stereocenters. The summed E-state index contributed by atoms with van der Waals surface area (Å²) >= 11 is 4.53. The molecular weight excluding hydrogens is 373 g/mol. The van der Waals surface area contributed by atoms with Gasteiger partial charge in [-0.3, -0.25) is 4.79 Å². The van der Waals surface area contributed by atoms with E-state index in [0.29, 0.717) is 12.1 Å². The monoisotopic (exact) mass is 386 g/mol. The number of nitrogens with one attached hydrogen (secondary N) is 1. The number of nitrogens with two attached hydrogens (primary N) is 1. The molecule has 0 saturated heterocycles. The van der Waals surface area contributed by atoms with Crippen LogP contribution in [0.15, 0.2) is 22.7 Å². The Hall–Kier alpha value is -0.930. The fraction of sp³-hybridized carbons (Fsp3) is 0.417. The zero-order valence-electron chi connectivity index (χ0n) is 11.0. The molecule has 3 N–H and O–H groups in total. The molecule has 1 rings (SSSR count). The number of carbonyl (C=O) groups is 1. The van der Waals surface area contributed by atoms with Gasteiger partial charge in [0.1, 0.15) is 5.75 Å². The third kappa shape index (κ3) is 6.58. The van der Waals surface area contributed by atoms with E-state index in [1.54, 1.807) is 11.8 Å². The number of carbonyl (C=O) groups excluding carboxylic acids is 1. The van der Waals surface area contributed by atoms with E-state index in [2.05, 4.69) is 26.0 Å². The summed E-state index contributed by atoms with van der Waals surface area (Å²) in [6.07, 6.45) is -2.35. The number of thioether (sulfide) groups is 1. The fourth-order valence-electron chi connectivity index (χ4n) is 1.40. The topological polar surface area (TPSA) is 64.4 Å². The van der Waals surface area contributed by atoms with E-state index in [1.165, 1.54) is 12.1 Å². The molecule has 1 amide bonds. The number of alkyl halides is 3. The summed E-state index contributed by atoms with van der Waals surface area (Å²) in [6, 6.07) is 3.08. The molecular formula is C12H14BrF3N2O2S. The average molecular weight is 387 g/mol. The van der Waals surface area contributed by atoms with Crippen LogP contribution in [0.1, 0.15) is 6.42 Å². The molecule has 0 spiro atoms. The highest BCUT2D eigenvalue weighted by molar-refractivity contribution is 9.10. The van der Waals surface area contributed by atoms with E-state index in [1.807, 2.05) is 6.26 Å². The van der Waals surface area contributed by atoms with Crippen LogP contribution in [0.4, 0.5) is 18.9 Å². The van der Waals surface area contributed by atoms with Gasteiger partial charge in [0, 0.05) is 5.69 Å². The van der Waals surface area contributed by atoms with Crippen molar-refractivity contribution in [1.82, 2.24) is 0 Å². The van der Waals surface area contributed by atoms with Crippen molar-refractivity contribution in [2.45, 2.75) is 18.8 Å². The van der Waals surface area contributed by atoms with Crippen molar-refractivity contribution in [1.29, 1.82) is 0 Å². The summed E-state index contributed by atoms with van der Waals surface area (Å²) in [4.78, 5) is 11.8. The van der Waals surface area contributed by atoms with Crippen molar-refractivity contribution < 1.29 is 22.7 Å². The van der Waals surface area contributed by atoms with E-state index in [4.69, 9.17) is 5.73 Å². The van der Waals surface area contributed by atoms with E-state index in [9.17, 15) is 18.0 Å². The maximum Gasteiger partial charge on any atom is 0.573 e. The SMILES string of the molecule is CSCC[C@@H](N)C(=O)Nc1ccc(OC(F)(F)F)c(Br)c1. The lowest BCUT2D eigenvalue weighted by Crippen LogP contribution is -2.36. The first-order valence-electron chi connectivity index (χ1n) is 5.83. The molecule has 1 atom stereocenters. The number of benzene rings is 1. The summed E-state index contributed by atoms with van der Waals surface area (Å²) in [5.41, 5.74) is 6.03. The number of amides is 1. The van der Waals surface area contributed by atoms with Gasteiger partial charge in [0.05, 0.1) is 10.5 Å². The zero-order chi connectivity index (χ0) is 16.0. The lowest BCUT2D eigenvalue weighted by molar-refractivity contribution is -0.274. The van der Waals surface area contributed by atoms with Crippen LogP contribution in [0.5, 0.6) is 5.75 Å². The summed E-state index contributed by atoms with van der Waals surface area (Å²) < 4.78 is 40.3. The molecule has 1 aromatic rings. The number of rotatable bonds is 6. The van der Waals surface area contributed by atoms with E-state index in [0.717, 1.165) is 11.8 Å². The van der Waals surface area contributed by atoms with Gasteiger partial charge >= 0.3 is 6.36 Å². The Balaban J connectivity index is 2.69. The van der Waals surface area contributed by atoms with Crippen LogP contribution in [-0.2, 0) is 4.79 Å². The number of halogens is 4. The number of hydrogen-bond donors (Lipinski definition) is 2. The molecule has 118 valence electrons. The Labute approximate surface area is 132 Å². The molecule has 0 aromatic heterocycles. The molecule has 0 aliphatic carbocycles. The van der Waals surface area contributed by atoms with E-state index in [-0.39, 0.29) is 16.1 Å². The van der Waals surface area contributed by atoms with Gasteiger partial charge in [-0.1, -0.05) is 0 Å². The highest BCUT2D eigenvalue weighted by Crippen LogP contribution is 2.32. The third-order valence-corrected chi connectivity index (χ3v) is 3.66. The van der Waals surface area contributed by atoms with Gasteiger partial charge in [-0.05, 0) is 52.6 Å². The minimum atomic E-state index is -4.77. The molecule has 4 nitrogen and oxygen atoms in total. The fourth-order valence-corrected chi connectivity index (χ4v) is 2.35. The predicted octanol–water partition coefficient (Wildman–Crippen LogP) is 3.37. The van der Waals surface area contributed by atoms with E-state index >= 15 is 0 Å². The Bertz CT molecular complexity index is 500. The van der Waals surface area contributed by atoms with Gasteiger partial charge in [-0.25, -0.2) is 0 Å². The first kappa shape index (κ1) is 18.1. The highest BCUT2D eigenvalue weighted by atomic mass is 79.9. The average Bonchev–Trinajstić information content (AvgIpc) is 2.37. The lowest BCUT2D eigenvalue weighted by atomic mass is 10.2. The molecule has 9 heteroatoms. The molecule has 1 aromatic carbocycles. The standard InChI is InChI=1S/C12H14BrF3N2O2S/c1-21-5-4-9(17)11(19)18-7-2-3-10(8(13)6-7)20-12(14,15)16/h2-3,6,9H,4-5,17H2,1H3,(H,18,19)/t9-/m1/s1. The van der Waals surface area contributed by atoms with Gasteiger partial charge in [0.25, 0.3) is 0 Å². The largest absolute Gasteiger partial charge is 0.573 e. The minimum absolute atomic E-state index is 0.0790. The van der Waals surface area contributed by atoms with Crippen LogP contribution in [0.2, 0.25) is 0 Å². The van der Waals surface area contributed by atoms with Gasteiger partial charge in [0.2, 0.25) is 5.91 Å². The van der Waals surface area contributed by atoms with Crippen LogP contribution in [0.25, 0.3) is 0 Å². The van der Waals surface area contributed by atoms with Gasteiger partial charge < -0.3 is 15.8 Å². The number of anilines is 1. The Kier molecular flexibility index (Phi) is 6.82. The smallest absolute Gasteiger partial charge is 0.405 e. The molecule has 0 bridgehead atoms. The first-order chi connectivity index (χ1) is 9.73. The molecule has 0 heterocycles. The Morgan fingerprint density at radius 2 is 2.19 bits per heavy atom. The van der Waals surface area contributed by atoms with Crippen LogP contribution in [0.3, 0.4) is 0 Å². The summed E-state index contributed by atoms with van der Waals surface area (Å²) in [7, 11) is 0. The second-order valence-electron chi connectivity index (χ2n) is 4.07. The lowest BCUT2D eigenvalue weighted by Gasteiger charge is -2.14. The predicted molar refractivity (Wildman–Crippen MR) is 80.4 cm³/mol. The molecule has 0 fully saturated rings. The maximum absolute atomic E-state index is 12.1. The van der Waals surface area contributed by atoms with Crippen LogP contribution >= 0.6 is 27.7 Å². The van der Waals surface area contributed by atoms with Gasteiger partial charge in [-0.15, -0.1) is 13.2 Å². The van der Waals surface area contributed by atoms with Crippen molar-refractivity contribution in [3.8, 4) is 5.75 Å². The quantitative estimate of drug-likeness (QED) is 0.786. The van der Waals surface area contributed by atoms with Crippen molar-refractivity contribution >= 4 is 39.3 Å². The number of hydrogen-bond acceptors (Lipinski definition) is 4. The molecule has 0 aliphatic rings. The van der Waals surface area contributed by atoms with Crippen molar-refractivity contribution in [2.24, 2.45) is 5.73 Å². The summed E-state index contributed by atoms with van der Waals surface area (Å²) in [5, 5.41) is 2.54. The first-order valence-corrected chi connectivity index (χ1v) is 8.02. The van der Waals surface area contributed by atoms with Crippen molar-refractivity contribution in [3.63, 3.8) is 0 Å². The maximum atomic E-state index is 12.1. The Morgan fingerprint density at radius 1 is 1.52 bits per heavy atom. The highest BCUT2D eigenvalue weighted by Gasteiger charge is 2.32. The van der Waals surface area contributed by atoms with Crippen molar-refractivity contribution in [2.75, 3.05) is 17.3 Å². The third-order valence-electron chi connectivity index (χ3n) is 2.39. The van der Waals surface area contributed by atoms with Crippen LogP contribution < -0.4 is 15.8 Å². The molecule has 0 radical (unpaired) electrons. The minimum Gasteiger partial charge on any atom is -0.405 e. The zero-order valence-corrected chi connectivity index (χ0v) is 13.4. The molecule has 21 heavy (non-hydrogen) atoms. The van der Waals surface area contributed by atoms with E-state index < -0.39 is 12.4 Å². The molecule has 0 aliphatic heterocycles. The van der Waals surface area contributed by atoms with Crippen LogP contribution in [-0.4, -0.2) is 30.3 Å². The van der Waals surface area contributed by atoms with Gasteiger partial charge in [0.15, 0.2) is 0 Å². The second-order valence-corrected chi connectivity index (χ2v) is 5.91. The molecule has 0 saturated carbocycles. The summed E-state index contributed by atoms with van der Waals surface area (Å²) in [6.45, 7) is 0. The normalized spacial score (nSPS) is 12.9. The number of ether oxygens (including phenoxy) is 1. The second kappa shape index (κ2) is 7.90. The summed E-state index contributed by atoms with van der Waals surface area (Å²) in [5.74, 6) is -0.0241. The Morgan fingerprint density at radius 3 is 2.71 bits per heavy atom. The van der Waals surface area contributed by atoms with Crippen LogP contribution in [0, 0.1) is 0 Å². The van der Waals surface area contributed by atoms with Gasteiger partial charge in [-0.2, -0.15) is 11.8 Å². The van der Waals surface area contributed by atoms with Crippen molar-refractivity contribution in [3.05, 3.63) is 22.7 Å².